The van der Waals surface area contributed by atoms with Gasteiger partial charge in [0.2, 0.25) is 0 Å². The fourth-order valence-corrected chi connectivity index (χ4v) is 9.11. The number of ether oxygens (including phenoxy) is 3. The van der Waals surface area contributed by atoms with Crippen molar-refractivity contribution in [2.45, 2.75) is 108 Å². The SMILES string of the molecule is NS(=O)(=O)NC(=O)[C@H]1CCCN1.NS(=O)(=O)NC(=O)[C@H]1CCCN1C(=O)OCc1ccccc1.O=C(O)[C@H]1CCCN1C(=O)OCc1ccccc1.O=C(ON1C(=O)CCC1=O)[C@H]1CCCN1C(=O)OCc1ccccc1. The van der Waals surface area contributed by atoms with Crippen LogP contribution in [-0.2, 0) is 88.1 Å². The van der Waals surface area contributed by atoms with Gasteiger partial charge >= 0.3 is 30.2 Å². The third kappa shape index (κ3) is 19.7. The Bertz CT molecular complexity index is 2760. The second-order valence-electron chi connectivity index (χ2n) is 17.7. The number of rotatable bonds is 13. The summed E-state index contributed by atoms with van der Waals surface area (Å²) in [6.45, 7) is 2.22. The normalized spacial score (nSPS) is 19.8. The number of hydroxylamine groups is 2. The minimum Gasteiger partial charge on any atom is -0.480 e. The molecule has 0 aromatic heterocycles. The number of likely N-dealkylation sites (tertiary alicyclic amines) is 3. The van der Waals surface area contributed by atoms with Gasteiger partial charge in [0.05, 0.1) is 6.04 Å². The maximum atomic E-state index is 12.3. The van der Waals surface area contributed by atoms with Crippen LogP contribution in [0.1, 0.15) is 80.9 Å². The van der Waals surface area contributed by atoms with Crippen LogP contribution in [0.4, 0.5) is 14.4 Å². The van der Waals surface area contributed by atoms with Gasteiger partial charge < -0.3 is 29.5 Å². The number of hydrogen-bond donors (Lipinski definition) is 6. The average Bonchev–Trinajstić information content (AvgIpc) is 4.27. The molecule has 3 aromatic carbocycles. The molecule has 5 aliphatic heterocycles. The topological polar surface area (TPSA) is 380 Å². The number of nitrogens with two attached hydrogens (primary N) is 2. The minimum absolute atomic E-state index is 0.0274. The van der Waals surface area contributed by atoms with Crippen molar-refractivity contribution in [2.24, 2.45) is 10.3 Å². The van der Waals surface area contributed by atoms with Gasteiger partial charge in [0, 0.05) is 32.5 Å². The van der Waals surface area contributed by atoms with E-state index in [0.717, 1.165) is 29.7 Å². The van der Waals surface area contributed by atoms with E-state index in [9.17, 15) is 60.0 Å². The molecule has 0 spiro atoms. The molecule has 0 unspecified atom stereocenters. The lowest BCUT2D eigenvalue weighted by atomic mass is 10.2. The van der Waals surface area contributed by atoms with Gasteiger partial charge in [-0.3, -0.25) is 33.9 Å². The van der Waals surface area contributed by atoms with Crippen molar-refractivity contribution < 1.29 is 84.1 Å². The number of amides is 7. The Kier molecular flexibility index (Phi) is 22.6. The van der Waals surface area contributed by atoms with Crippen LogP contribution >= 0.6 is 0 Å². The molecular weight excluding hydrogens is 1050 g/mol. The second-order valence-corrected chi connectivity index (χ2v) is 20.3. The van der Waals surface area contributed by atoms with Crippen molar-refractivity contribution in [1.29, 1.82) is 0 Å². The number of nitrogens with zero attached hydrogens (tertiary/aromatic N) is 4. The Balaban J connectivity index is 0.000000195. The molecule has 5 heterocycles. The molecule has 77 heavy (non-hydrogen) atoms. The lowest BCUT2D eigenvalue weighted by molar-refractivity contribution is -0.200. The summed E-state index contributed by atoms with van der Waals surface area (Å²) < 4.78 is 61.5. The lowest BCUT2D eigenvalue weighted by Gasteiger charge is -2.23. The Hall–Kier alpha value is -7.73. The smallest absolute Gasteiger partial charge is 0.410 e. The largest absolute Gasteiger partial charge is 0.480 e. The Labute approximate surface area is 443 Å². The Morgan fingerprint density at radius 2 is 0.922 bits per heavy atom. The number of carboxylic acid groups (broad SMARTS) is 1. The molecule has 27 nitrogen and oxygen atoms in total. The fraction of sp³-hybridized carbons (Fsp3) is 0.438. The molecule has 5 saturated heterocycles. The van der Waals surface area contributed by atoms with Gasteiger partial charge in [-0.25, -0.2) is 43.7 Å². The highest BCUT2D eigenvalue weighted by Gasteiger charge is 2.41. The first-order valence-electron chi connectivity index (χ1n) is 24.2. The number of imide groups is 1. The number of benzene rings is 3. The maximum Gasteiger partial charge on any atom is 0.410 e. The van der Waals surface area contributed by atoms with E-state index in [0.29, 0.717) is 69.6 Å². The number of carbonyl (C=O) groups excluding carboxylic acids is 8. The van der Waals surface area contributed by atoms with E-state index >= 15 is 0 Å². The highest BCUT2D eigenvalue weighted by molar-refractivity contribution is 7.88. The van der Waals surface area contributed by atoms with Crippen LogP contribution in [0.25, 0.3) is 0 Å². The van der Waals surface area contributed by atoms with Gasteiger partial charge in [-0.05, 0) is 74.6 Å². The summed E-state index contributed by atoms with van der Waals surface area (Å²) in [5.41, 5.74) is 2.54. The number of hydrogen-bond acceptors (Lipinski definition) is 18. The van der Waals surface area contributed by atoms with E-state index in [4.69, 9.17) is 29.3 Å². The van der Waals surface area contributed by atoms with Crippen LogP contribution < -0.4 is 25.0 Å². The van der Waals surface area contributed by atoms with E-state index < -0.39 is 98.4 Å². The van der Waals surface area contributed by atoms with Crippen molar-refractivity contribution in [3.8, 4) is 0 Å². The molecule has 4 atom stereocenters. The Morgan fingerprint density at radius 1 is 0.545 bits per heavy atom. The predicted molar refractivity (Wildman–Crippen MR) is 267 cm³/mol. The zero-order valence-corrected chi connectivity index (χ0v) is 43.3. The summed E-state index contributed by atoms with van der Waals surface area (Å²) in [6, 6.07) is 24.7. The van der Waals surface area contributed by atoms with E-state index in [2.05, 4.69) is 10.5 Å². The van der Waals surface area contributed by atoms with Crippen molar-refractivity contribution in [1.82, 2.24) is 34.5 Å². The van der Waals surface area contributed by atoms with Crippen molar-refractivity contribution >= 4 is 74.3 Å². The van der Waals surface area contributed by atoms with E-state index in [-0.39, 0.29) is 32.7 Å². The number of carbonyl (C=O) groups is 9. The summed E-state index contributed by atoms with van der Waals surface area (Å²) in [6.07, 6.45) is 2.92. The highest BCUT2D eigenvalue weighted by Crippen LogP contribution is 2.23. The molecule has 0 aliphatic carbocycles. The average molecular weight is 1120 g/mol. The fourth-order valence-electron chi connectivity index (χ4n) is 8.27. The van der Waals surface area contributed by atoms with Crippen LogP contribution in [0.15, 0.2) is 91.0 Å². The molecule has 0 saturated carbocycles. The van der Waals surface area contributed by atoms with Gasteiger partial charge in [0.15, 0.2) is 0 Å². The van der Waals surface area contributed by atoms with Crippen LogP contribution in [0.2, 0.25) is 0 Å². The zero-order chi connectivity index (χ0) is 56.1. The summed E-state index contributed by atoms with van der Waals surface area (Å²) in [5, 5.41) is 21.7. The highest BCUT2D eigenvalue weighted by atomic mass is 32.2. The molecule has 5 aliphatic rings. The maximum absolute atomic E-state index is 12.3. The summed E-state index contributed by atoms with van der Waals surface area (Å²) in [7, 11) is -8.04. The minimum atomic E-state index is -4.14. The molecular formula is C48H61N9O18S2. The molecule has 0 radical (unpaired) electrons. The van der Waals surface area contributed by atoms with Gasteiger partial charge in [-0.1, -0.05) is 91.0 Å². The molecule has 0 bridgehead atoms. The molecule has 29 heteroatoms. The first-order chi connectivity index (χ1) is 36.6. The third-order valence-corrected chi connectivity index (χ3v) is 13.0. The molecule has 3 aromatic rings. The van der Waals surface area contributed by atoms with Gasteiger partial charge in [-0.2, -0.15) is 16.8 Å². The van der Waals surface area contributed by atoms with Gasteiger partial charge in [-0.15, -0.1) is 5.06 Å². The quantitative estimate of drug-likeness (QED) is 0.104. The van der Waals surface area contributed by atoms with Crippen LogP contribution in [0.3, 0.4) is 0 Å². The first kappa shape index (κ1) is 60.1. The van der Waals surface area contributed by atoms with Crippen LogP contribution in [-0.4, -0.2) is 146 Å². The summed E-state index contributed by atoms with van der Waals surface area (Å²) in [4.78, 5) is 114. The zero-order valence-electron chi connectivity index (χ0n) is 41.6. The second kappa shape index (κ2) is 29.0. The van der Waals surface area contributed by atoms with Crippen molar-refractivity contribution in [3.05, 3.63) is 108 Å². The van der Waals surface area contributed by atoms with Gasteiger partial charge in [0.25, 0.3) is 44.0 Å². The van der Waals surface area contributed by atoms with Crippen LogP contribution in [0.5, 0.6) is 0 Å². The Morgan fingerprint density at radius 3 is 1.31 bits per heavy atom. The summed E-state index contributed by atoms with van der Waals surface area (Å²) in [5.74, 6) is -4.25. The first-order valence-corrected chi connectivity index (χ1v) is 27.3. The molecule has 418 valence electrons. The molecule has 8 N–H and O–H groups in total. The molecule has 7 amide bonds. The monoisotopic (exact) mass is 1120 g/mol. The van der Waals surface area contributed by atoms with E-state index in [1.165, 1.54) is 14.7 Å². The van der Waals surface area contributed by atoms with Gasteiger partial charge in [0.1, 0.15) is 37.9 Å². The molecule has 8 rings (SSSR count). The third-order valence-electron chi connectivity index (χ3n) is 12.0. The van der Waals surface area contributed by atoms with Crippen molar-refractivity contribution in [2.75, 3.05) is 26.2 Å². The standard InChI is InChI=1S/C17H18N2O6.C13H17N3O5S.C13H15NO4.C5H11N3O3S/c20-14-8-9-15(21)19(14)25-16(22)13-7-4-10-18(13)17(23)24-11-12-5-2-1-3-6-12;14-22(19,20)15-12(17)11-7-4-8-16(11)13(18)21-9-10-5-2-1-3-6-10;15-12(16)11-7-4-8-14(11)13(17)18-9-10-5-2-1-3-6-10;6-12(10,11)8-5(9)4-2-1-3-7-4/h1-3,5-6,13H,4,7-11H2;1-3,5-6,11H,4,7-9H2,(H,15,17)(H2,14,19,20);1-3,5-6,11H,4,7-9H2,(H,15,16);4,7H,1-3H2,(H,8,9)(H2,6,10,11)/t13-;2*11-;4-/m1111/s1. The molecule has 5 fully saturated rings. The lowest BCUT2D eigenvalue weighted by Crippen LogP contribution is -2.49. The number of aliphatic carboxylic acids is 1. The predicted octanol–water partition coefficient (Wildman–Crippen LogP) is 1.43. The van der Waals surface area contributed by atoms with Crippen LogP contribution in [0, 0.1) is 0 Å². The van der Waals surface area contributed by atoms with E-state index in [1.54, 1.807) is 9.44 Å². The summed E-state index contributed by atoms with van der Waals surface area (Å²) >= 11 is 0. The van der Waals surface area contributed by atoms with Crippen molar-refractivity contribution in [3.63, 3.8) is 0 Å². The number of carboxylic acids is 1. The number of nitrogens with one attached hydrogen (secondary N) is 3. The van der Waals surface area contributed by atoms with E-state index in [1.807, 2.05) is 91.0 Å².